The molecule has 6 aromatic carbocycles. The number of piperazine rings is 2. The van der Waals surface area contributed by atoms with Gasteiger partial charge in [0.25, 0.3) is 43.2 Å². The Morgan fingerprint density at radius 1 is 0.564 bits per heavy atom. The number of carbonyl (C=O) groups is 3. The summed E-state index contributed by atoms with van der Waals surface area (Å²) in [7, 11) is -12.9. The van der Waals surface area contributed by atoms with E-state index in [9.17, 15) is 59.9 Å². The molecule has 1 saturated carbocycles. The number of H-pyrrole nitrogens is 2. The van der Waals surface area contributed by atoms with Gasteiger partial charge in [0.15, 0.2) is 0 Å². The number of nitro benzene ring substituents is 2. The molecule has 133 heavy (non-hydrogen) atoms. The zero-order chi connectivity index (χ0) is 94.3. The van der Waals surface area contributed by atoms with Crippen molar-refractivity contribution in [1.82, 2.24) is 39.2 Å². The quantitative estimate of drug-likeness (QED) is 0.0250. The second kappa shape index (κ2) is 41.0. The summed E-state index contributed by atoms with van der Waals surface area (Å²) < 4.78 is 111. The first-order valence-electron chi connectivity index (χ1n) is 45.1. The van der Waals surface area contributed by atoms with Gasteiger partial charge in [-0.25, -0.2) is 53.8 Å². The Hall–Kier alpha value is -11.1. The Labute approximate surface area is 786 Å². The monoisotopic (exact) mass is 1930 g/mol. The zero-order valence-electron chi connectivity index (χ0n) is 75.6. The number of rotatable bonds is 29. The van der Waals surface area contributed by atoms with Crippen molar-refractivity contribution < 1.29 is 63.7 Å². The normalized spacial score (nSPS) is 19.6. The van der Waals surface area contributed by atoms with E-state index in [4.69, 9.17) is 32.7 Å². The van der Waals surface area contributed by atoms with Gasteiger partial charge in [-0.05, 0) is 220 Å². The first-order chi connectivity index (χ1) is 63.5. The average molecular weight is 1930 g/mol. The fourth-order valence-corrected chi connectivity index (χ4v) is 24.3. The first-order valence-corrected chi connectivity index (χ1v) is 52.5. The van der Waals surface area contributed by atoms with E-state index in [0.717, 1.165) is 148 Å². The number of methoxy groups -OCH3 is 1. The van der Waals surface area contributed by atoms with Crippen LogP contribution >= 0.6 is 23.2 Å². The number of nitrogens with one attached hydrogen (secondary N) is 4. The molecule has 3 aliphatic carbocycles. The number of anilines is 2. The van der Waals surface area contributed by atoms with Gasteiger partial charge in [0.2, 0.25) is 0 Å². The summed E-state index contributed by atoms with van der Waals surface area (Å²) >= 11 is 12.5. The fraction of sp³-hybridized carbons (Fsp3) is 0.412. The molecule has 16 rings (SSSR count). The van der Waals surface area contributed by atoms with Crippen molar-refractivity contribution in [3.8, 4) is 23.0 Å². The Bertz CT molecular complexity index is 6640. The predicted octanol–water partition coefficient (Wildman–Crippen LogP) is 19.4. The number of halogens is 2. The molecule has 0 bridgehead atoms. The van der Waals surface area contributed by atoms with Crippen molar-refractivity contribution >= 4 is 137 Å². The maximum absolute atomic E-state index is 14.0. The molecule has 10 aromatic rings. The molecule has 3 saturated heterocycles. The maximum Gasteiger partial charge on any atom is 0.441 e. The topological polar surface area (TPSA) is 387 Å². The number of carbonyl (C=O) groups excluding carboxylic acids is 3. The van der Waals surface area contributed by atoms with Crippen LogP contribution in [0.4, 0.5) is 27.5 Å². The van der Waals surface area contributed by atoms with Gasteiger partial charge in [0, 0.05) is 178 Å². The van der Waals surface area contributed by atoms with Crippen molar-refractivity contribution in [1.29, 1.82) is 0 Å². The van der Waals surface area contributed by atoms with Gasteiger partial charge in [0.1, 0.15) is 34.3 Å². The number of benzene rings is 6. The van der Waals surface area contributed by atoms with Crippen LogP contribution in [0.25, 0.3) is 33.2 Å². The predicted molar refractivity (Wildman–Crippen MR) is 520 cm³/mol. The molecule has 3 aliphatic heterocycles. The summed E-state index contributed by atoms with van der Waals surface area (Å²) in [6.45, 7) is 20.9. The van der Waals surface area contributed by atoms with Crippen LogP contribution in [0.3, 0.4) is 0 Å². The van der Waals surface area contributed by atoms with E-state index in [1.165, 1.54) is 83.3 Å². The highest BCUT2D eigenvalue weighted by Gasteiger charge is 2.37. The molecule has 704 valence electrons. The summed E-state index contributed by atoms with van der Waals surface area (Å²) in [6, 6.07) is 40.9. The Morgan fingerprint density at radius 2 is 0.985 bits per heavy atom. The average Bonchev–Trinajstić information content (AvgIpc) is 1.56. The van der Waals surface area contributed by atoms with Crippen LogP contribution < -0.4 is 28.7 Å². The van der Waals surface area contributed by atoms with E-state index >= 15 is 0 Å². The number of nitrogens with zero attached hydrogens (tertiary/aromatic N) is 10. The van der Waals surface area contributed by atoms with Crippen LogP contribution in [0, 0.1) is 42.9 Å². The second-order valence-corrected chi connectivity index (χ2v) is 46.5. The summed E-state index contributed by atoms with van der Waals surface area (Å²) in [5.41, 5.74) is 11.4. The van der Waals surface area contributed by atoms with E-state index in [1.807, 2.05) is 50.2 Å². The third-order valence-electron chi connectivity index (χ3n) is 26.5. The summed E-state index contributed by atoms with van der Waals surface area (Å²) in [4.78, 5) is 86.3. The van der Waals surface area contributed by atoms with Crippen molar-refractivity contribution in [3.05, 3.63) is 245 Å². The third kappa shape index (κ3) is 24.0. The molecule has 0 spiro atoms. The molecule has 6 aliphatic rings. The molecular formula is C97H112Cl2N14O16S4. The Morgan fingerprint density at radius 3 is 1.39 bits per heavy atom. The van der Waals surface area contributed by atoms with Gasteiger partial charge in [-0.15, -0.1) is 4.36 Å². The standard InChI is InChI=1S/C49H58ClN7O7S2.C48H54ClN7O9S2/c1-5-65(61,6-2)53-39-25-33(26-39)7-8-35-11-15-42(29-45(35)57(59)60)66(62,63)54-48(58)43-16-14-40(28-46(43)64-41-27-36-18-20-51-47(36)52-31-41)56-23-21-55(22-24-56)32-37-17-19-49(3,4)30-44(37)34-9-12-38(50)13-10-34;1-48(2)18-14-36(42(29-48)33-6-9-37(49)10-7-33)31-54-20-22-55(23-21-54)38-11-13-41(44(27-38)65-39-26-35-15-19-50-45(35)51-30-39)46(57)52-67(62,63)40-12-8-34(43(28-40)56(59)60)5-4-32-16-24-66(61,25-17-32)53-47(58)64-3/h9-16,18,20,27-29,31,33,39H,5-8,17,19,21-26,30,32H2,1-4H3,(H,51,52)(H,54,58);6-13,15,19,26-28,30,32H,4-5,14,16-18,20-25,29,31H2,1-3H3,(H,50,51)(H,52,57). The lowest BCUT2D eigenvalue weighted by Crippen LogP contribution is -2.47. The third-order valence-corrected chi connectivity index (χ3v) is 34.3. The van der Waals surface area contributed by atoms with Gasteiger partial charge in [-0.1, -0.05) is 112 Å². The van der Waals surface area contributed by atoms with Crippen LogP contribution in [0.2, 0.25) is 10.0 Å². The van der Waals surface area contributed by atoms with Gasteiger partial charge < -0.3 is 34.0 Å². The lowest BCUT2D eigenvalue weighted by atomic mass is 9.72. The number of aromatic nitrogens is 4. The van der Waals surface area contributed by atoms with Gasteiger partial charge >= 0.3 is 6.09 Å². The van der Waals surface area contributed by atoms with E-state index in [1.54, 1.807) is 54.9 Å². The molecule has 4 aromatic heterocycles. The molecule has 3 amide bonds. The number of aromatic amines is 2. The number of aryl methyl sites for hydroxylation is 2. The molecular weight excluding hydrogens is 1820 g/mol. The lowest BCUT2D eigenvalue weighted by Gasteiger charge is -2.39. The second-order valence-electron chi connectivity index (χ2n) is 36.8. The van der Waals surface area contributed by atoms with Gasteiger partial charge in [-0.3, -0.25) is 39.6 Å². The number of hydrogen-bond acceptors (Lipinski definition) is 23. The highest BCUT2D eigenvalue weighted by molar-refractivity contribution is 7.94. The van der Waals surface area contributed by atoms with Crippen LogP contribution in [0.1, 0.15) is 162 Å². The Balaban J connectivity index is 0.000000203. The molecule has 4 N–H and O–H groups in total. The number of fused-ring (bicyclic) bond motifs is 2. The van der Waals surface area contributed by atoms with E-state index in [0.29, 0.717) is 90.6 Å². The molecule has 7 heterocycles. The molecule has 0 atom stereocenters. The van der Waals surface area contributed by atoms with Crippen molar-refractivity contribution in [2.75, 3.05) is 105 Å². The van der Waals surface area contributed by atoms with Crippen molar-refractivity contribution in [2.45, 2.75) is 147 Å². The Kier molecular flexibility index (Phi) is 29.7. The highest BCUT2D eigenvalue weighted by atomic mass is 35.5. The largest absolute Gasteiger partial charge is 0.455 e. The lowest BCUT2D eigenvalue weighted by molar-refractivity contribution is -0.385. The number of hydrogen-bond donors (Lipinski definition) is 4. The van der Waals surface area contributed by atoms with Crippen molar-refractivity contribution in [2.24, 2.45) is 31.4 Å². The van der Waals surface area contributed by atoms with E-state index < -0.39 is 82.7 Å². The summed E-state index contributed by atoms with van der Waals surface area (Å²) in [5, 5.41) is 27.5. The highest BCUT2D eigenvalue weighted by Crippen LogP contribution is 2.47. The molecule has 0 radical (unpaired) electrons. The molecule has 0 unspecified atom stereocenters. The molecule has 30 nitrogen and oxygen atoms in total. The number of sulfonamides is 2. The first kappa shape index (κ1) is 96.5. The smallest absolute Gasteiger partial charge is 0.441 e. The molecule has 4 fully saturated rings. The fourth-order valence-electron chi connectivity index (χ4n) is 18.5. The number of amides is 3. The maximum atomic E-state index is 14.0. The van der Waals surface area contributed by atoms with Crippen LogP contribution in [0.5, 0.6) is 23.0 Å². The van der Waals surface area contributed by atoms with E-state index in [-0.39, 0.29) is 74.9 Å². The minimum absolute atomic E-state index is 0.0319. The number of ether oxygens (including phenoxy) is 3. The summed E-state index contributed by atoms with van der Waals surface area (Å²) in [6.07, 6.45) is 16.4. The van der Waals surface area contributed by atoms with Crippen molar-refractivity contribution in [3.63, 3.8) is 0 Å². The number of pyridine rings is 2. The minimum atomic E-state index is -4.61. The number of allylic oxidation sites excluding steroid dienone is 2. The van der Waals surface area contributed by atoms with Crippen LogP contribution in [-0.4, -0.2) is 184 Å². The summed E-state index contributed by atoms with van der Waals surface area (Å²) in [5.74, 6) is 0.770. The van der Waals surface area contributed by atoms with Crippen LogP contribution in [0.15, 0.2) is 200 Å². The zero-order valence-corrected chi connectivity index (χ0v) is 80.4. The minimum Gasteiger partial charge on any atom is -0.455 e. The molecule has 36 heteroatoms. The van der Waals surface area contributed by atoms with Crippen LogP contribution in [-0.2, 0) is 57.1 Å². The van der Waals surface area contributed by atoms with Gasteiger partial charge in [-0.2, -0.15) is 0 Å². The van der Waals surface area contributed by atoms with E-state index in [2.05, 4.69) is 114 Å². The SMILES string of the molecule is CCS(=O)(CC)=NC1CC(CCc2ccc(S(=O)(=O)NC(=O)c3ccc(N4CCN(CC5=C(c6ccc(Cl)cc6)CC(C)(C)CC5)CC4)cc3Oc3cnc4[nH]ccc4c3)cc2[N+](=O)[O-])C1.COC(=O)N=S1(=O)CCC(CCc2ccc(S(=O)(=O)NC(=O)c3ccc(N4CCN(CC5=C(c6ccc(Cl)cc6)CC(C)(C)CC5)CC4)cc3Oc3cnc4[nH]ccc4c3)cc2[N+](=O)[O-])CC1. The van der Waals surface area contributed by atoms with Gasteiger partial charge in [0.05, 0.1) is 66.0 Å². The number of nitro groups is 2.